The molecule has 104 valence electrons. The van der Waals surface area contributed by atoms with Gasteiger partial charge in [-0.05, 0) is 12.1 Å². The summed E-state index contributed by atoms with van der Waals surface area (Å²) in [7, 11) is 1.52. The molecule has 6 nitrogen and oxygen atoms in total. The predicted octanol–water partition coefficient (Wildman–Crippen LogP) is 1.06. The standard InChI is InChI=1S/C14H16N4O2/c1-20-13-12(3-2-4-16-13)14(19)18-8-11(9-18)7-17-6-5-15-10-17/h2-6,10-11H,7-9H2,1H3. The second-order valence-electron chi connectivity index (χ2n) is 4.90. The number of carbonyl (C=O) groups excluding carboxylic acids is 1. The maximum absolute atomic E-state index is 12.3. The molecule has 0 N–H and O–H groups in total. The van der Waals surface area contributed by atoms with E-state index in [1.54, 1.807) is 30.9 Å². The van der Waals surface area contributed by atoms with Gasteiger partial charge >= 0.3 is 0 Å². The average Bonchev–Trinajstić information content (AvgIpc) is 2.94. The summed E-state index contributed by atoms with van der Waals surface area (Å²) in [6.45, 7) is 2.41. The van der Waals surface area contributed by atoms with Crippen LogP contribution < -0.4 is 4.74 Å². The zero-order valence-corrected chi connectivity index (χ0v) is 11.3. The summed E-state index contributed by atoms with van der Waals surface area (Å²) in [5, 5.41) is 0. The molecule has 1 fully saturated rings. The molecule has 1 aliphatic heterocycles. The van der Waals surface area contributed by atoms with Crippen LogP contribution in [-0.4, -0.2) is 45.5 Å². The summed E-state index contributed by atoms with van der Waals surface area (Å²) in [5.41, 5.74) is 0.524. The number of imidazole rings is 1. The van der Waals surface area contributed by atoms with Crippen LogP contribution in [0.5, 0.6) is 5.88 Å². The van der Waals surface area contributed by atoms with Crippen LogP contribution in [-0.2, 0) is 6.54 Å². The normalized spacial score (nSPS) is 14.9. The maximum Gasteiger partial charge on any atom is 0.259 e. The Morgan fingerprint density at radius 2 is 2.30 bits per heavy atom. The number of ether oxygens (including phenoxy) is 1. The molecule has 1 aliphatic rings. The van der Waals surface area contributed by atoms with Crippen molar-refractivity contribution in [3.63, 3.8) is 0 Å². The highest BCUT2D eigenvalue weighted by atomic mass is 16.5. The van der Waals surface area contributed by atoms with Crippen LogP contribution in [0.15, 0.2) is 37.1 Å². The number of amides is 1. The average molecular weight is 272 g/mol. The van der Waals surface area contributed by atoms with E-state index in [0.29, 0.717) is 17.4 Å². The molecule has 1 amide bonds. The lowest BCUT2D eigenvalue weighted by atomic mass is 9.99. The molecule has 0 aliphatic carbocycles. The number of pyridine rings is 1. The summed E-state index contributed by atoms with van der Waals surface area (Å²) in [6, 6.07) is 3.50. The number of hydrogen-bond acceptors (Lipinski definition) is 4. The Morgan fingerprint density at radius 1 is 1.45 bits per heavy atom. The first kappa shape index (κ1) is 12.7. The van der Waals surface area contributed by atoms with E-state index in [0.717, 1.165) is 19.6 Å². The number of likely N-dealkylation sites (tertiary alicyclic amines) is 1. The van der Waals surface area contributed by atoms with E-state index in [1.165, 1.54) is 7.11 Å². The Labute approximate surface area is 117 Å². The van der Waals surface area contributed by atoms with Crippen LogP contribution in [0.25, 0.3) is 0 Å². The van der Waals surface area contributed by atoms with E-state index >= 15 is 0 Å². The highest BCUT2D eigenvalue weighted by Gasteiger charge is 2.32. The molecule has 1 saturated heterocycles. The van der Waals surface area contributed by atoms with Gasteiger partial charge in [0.05, 0.1) is 13.4 Å². The number of carbonyl (C=O) groups is 1. The van der Waals surface area contributed by atoms with Gasteiger partial charge in [0.1, 0.15) is 5.56 Å². The van der Waals surface area contributed by atoms with E-state index in [2.05, 4.69) is 9.97 Å². The summed E-state index contributed by atoms with van der Waals surface area (Å²) >= 11 is 0. The first-order chi connectivity index (χ1) is 9.78. The van der Waals surface area contributed by atoms with Crippen LogP contribution in [0.4, 0.5) is 0 Å². The van der Waals surface area contributed by atoms with Gasteiger partial charge in [-0.3, -0.25) is 4.79 Å². The summed E-state index contributed by atoms with van der Waals surface area (Å²) in [4.78, 5) is 22.2. The van der Waals surface area contributed by atoms with Crippen LogP contribution in [0.2, 0.25) is 0 Å². The molecule has 0 bridgehead atoms. The molecule has 6 heteroatoms. The number of hydrogen-bond donors (Lipinski definition) is 0. The third kappa shape index (κ3) is 2.36. The van der Waals surface area contributed by atoms with E-state index in [-0.39, 0.29) is 5.91 Å². The molecule has 0 saturated carbocycles. The lowest BCUT2D eigenvalue weighted by molar-refractivity contribution is 0.0464. The third-order valence-corrected chi connectivity index (χ3v) is 3.47. The number of rotatable bonds is 4. The van der Waals surface area contributed by atoms with Crippen molar-refractivity contribution in [2.75, 3.05) is 20.2 Å². The number of aromatic nitrogens is 3. The zero-order chi connectivity index (χ0) is 13.9. The Morgan fingerprint density at radius 3 is 3.00 bits per heavy atom. The molecule has 3 rings (SSSR count). The SMILES string of the molecule is COc1ncccc1C(=O)N1CC(Cn2ccnc2)C1. The molecule has 3 heterocycles. The Hall–Kier alpha value is -2.37. The molecular formula is C14H16N4O2. The van der Waals surface area contributed by atoms with Crippen molar-refractivity contribution < 1.29 is 9.53 Å². The van der Waals surface area contributed by atoms with Crippen molar-refractivity contribution in [2.24, 2.45) is 5.92 Å². The first-order valence-corrected chi connectivity index (χ1v) is 6.52. The molecule has 0 unspecified atom stereocenters. The van der Waals surface area contributed by atoms with Gasteiger partial charge in [-0.15, -0.1) is 0 Å². The van der Waals surface area contributed by atoms with E-state index < -0.39 is 0 Å². The van der Waals surface area contributed by atoms with Gasteiger partial charge in [0.25, 0.3) is 5.91 Å². The van der Waals surface area contributed by atoms with Gasteiger partial charge < -0.3 is 14.2 Å². The Balaban J connectivity index is 1.60. The van der Waals surface area contributed by atoms with Gasteiger partial charge in [-0.1, -0.05) is 0 Å². The topological polar surface area (TPSA) is 60.2 Å². The third-order valence-electron chi connectivity index (χ3n) is 3.47. The van der Waals surface area contributed by atoms with Gasteiger partial charge in [-0.25, -0.2) is 9.97 Å². The van der Waals surface area contributed by atoms with Gasteiger partial charge in [0.2, 0.25) is 5.88 Å². The lowest BCUT2D eigenvalue weighted by Crippen LogP contribution is -2.51. The molecule has 0 atom stereocenters. The predicted molar refractivity (Wildman–Crippen MR) is 72.4 cm³/mol. The second kappa shape index (κ2) is 5.32. The highest BCUT2D eigenvalue weighted by Crippen LogP contribution is 2.23. The quantitative estimate of drug-likeness (QED) is 0.835. The molecule has 0 spiro atoms. The van der Waals surface area contributed by atoms with Gasteiger partial charge in [0, 0.05) is 44.1 Å². The summed E-state index contributed by atoms with van der Waals surface area (Å²) < 4.78 is 7.17. The minimum Gasteiger partial charge on any atom is -0.480 e. The van der Waals surface area contributed by atoms with Gasteiger partial charge in [-0.2, -0.15) is 0 Å². The van der Waals surface area contributed by atoms with E-state index in [4.69, 9.17) is 4.74 Å². The zero-order valence-electron chi connectivity index (χ0n) is 11.3. The van der Waals surface area contributed by atoms with Crippen molar-refractivity contribution in [1.82, 2.24) is 19.4 Å². The van der Waals surface area contributed by atoms with Crippen LogP contribution in [0.3, 0.4) is 0 Å². The smallest absolute Gasteiger partial charge is 0.259 e. The van der Waals surface area contributed by atoms with E-state index in [1.807, 2.05) is 15.7 Å². The number of nitrogens with zero attached hydrogens (tertiary/aromatic N) is 4. The molecular weight excluding hydrogens is 256 g/mol. The molecule has 0 aromatic carbocycles. The van der Waals surface area contributed by atoms with Crippen molar-refractivity contribution >= 4 is 5.91 Å². The van der Waals surface area contributed by atoms with Crippen LogP contribution >= 0.6 is 0 Å². The molecule has 2 aromatic heterocycles. The second-order valence-corrected chi connectivity index (χ2v) is 4.90. The first-order valence-electron chi connectivity index (χ1n) is 6.52. The van der Waals surface area contributed by atoms with Crippen molar-refractivity contribution in [3.8, 4) is 5.88 Å². The minimum atomic E-state index is -0.0168. The highest BCUT2D eigenvalue weighted by molar-refractivity contribution is 5.96. The summed E-state index contributed by atoms with van der Waals surface area (Å²) in [5.74, 6) is 0.850. The Bertz CT molecular complexity index is 591. The van der Waals surface area contributed by atoms with Crippen molar-refractivity contribution in [2.45, 2.75) is 6.54 Å². The fourth-order valence-corrected chi connectivity index (χ4v) is 2.43. The fourth-order valence-electron chi connectivity index (χ4n) is 2.43. The van der Waals surface area contributed by atoms with Crippen LogP contribution in [0.1, 0.15) is 10.4 Å². The van der Waals surface area contributed by atoms with Crippen molar-refractivity contribution in [1.29, 1.82) is 0 Å². The lowest BCUT2D eigenvalue weighted by Gasteiger charge is -2.39. The van der Waals surface area contributed by atoms with Crippen LogP contribution in [0, 0.1) is 5.92 Å². The maximum atomic E-state index is 12.3. The number of methoxy groups -OCH3 is 1. The summed E-state index contributed by atoms with van der Waals surface area (Å²) in [6.07, 6.45) is 7.12. The van der Waals surface area contributed by atoms with Gasteiger partial charge in [0.15, 0.2) is 0 Å². The Kier molecular flexibility index (Phi) is 3.37. The van der Waals surface area contributed by atoms with E-state index in [9.17, 15) is 4.79 Å². The minimum absolute atomic E-state index is 0.0168. The largest absolute Gasteiger partial charge is 0.480 e. The molecule has 0 radical (unpaired) electrons. The van der Waals surface area contributed by atoms with Crippen molar-refractivity contribution in [3.05, 3.63) is 42.6 Å². The molecule has 2 aromatic rings. The molecule has 20 heavy (non-hydrogen) atoms. The monoisotopic (exact) mass is 272 g/mol. The fraction of sp³-hybridized carbons (Fsp3) is 0.357.